The van der Waals surface area contributed by atoms with Crippen molar-refractivity contribution in [3.8, 4) is 39.9 Å². The second-order valence-electron chi connectivity index (χ2n) is 9.78. The molecular formula is C32H35NO4. The van der Waals surface area contributed by atoms with Crippen LogP contribution in [0.1, 0.15) is 37.5 Å². The second-order valence-corrected chi connectivity index (χ2v) is 9.78. The predicted molar refractivity (Wildman–Crippen MR) is 151 cm³/mol. The molecule has 0 bridgehead atoms. The summed E-state index contributed by atoms with van der Waals surface area (Å²) in [4.78, 5) is 0. The molecule has 0 saturated carbocycles. The number of hydrogen-bond acceptors (Lipinski definition) is 4. The van der Waals surface area contributed by atoms with Crippen LogP contribution in [0.3, 0.4) is 0 Å². The van der Waals surface area contributed by atoms with Crippen LogP contribution in [0.5, 0.6) is 23.0 Å². The number of rotatable bonds is 8. The van der Waals surface area contributed by atoms with E-state index in [0.29, 0.717) is 23.0 Å². The Hall–Kier alpha value is -4.12. The van der Waals surface area contributed by atoms with E-state index >= 15 is 0 Å². The minimum atomic E-state index is 0.0811. The maximum absolute atomic E-state index is 5.78. The lowest BCUT2D eigenvalue weighted by Crippen LogP contribution is -2.10. The molecule has 1 heterocycles. The zero-order valence-corrected chi connectivity index (χ0v) is 22.7. The number of aromatic nitrogens is 1. The molecule has 0 N–H and O–H groups in total. The van der Waals surface area contributed by atoms with Gasteiger partial charge in [0, 0.05) is 23.0 Å². The van der Waals surface area contributed by atoms with E-state index in [9.17, 15) is 0 Å². The fourth-order valence-corrected chi connectivity index (χ4v) is 4.44. The summed E-state index contributed by atoms with van der Waals surface area (Å²) in [6, 6.07) is 22.6. The molecule has 0 amide bonds. The van der Waals surface area contributed by atoms with Crippen molar-refractivity contribution >= 4 is 12.2 Å². The predicted octanol–water partition coefficient (Wildman–Crippen LogP) is 7.65. The number of nitrogens with zero attached hydrogens (tertiary/aromatic N) is 1. The van der Waals surface area contributed by atoms with Crippen LogP contribution < -0.4 is 18.9 Å². The Morgan fingerprint density at radius 1 is 0.676 bits per heavy atom. The van der Waals surface area contributed by atoms with Crippen molar-refractivity contribution in [3.05, 3.63) is 89.6 Å². The molecule has 0 aliphatic carbocycles. The van der Waals surface area contributed by atoms with Gasteiger partial charge in [-0.1, -0.05) is 63.3 Å². The molecule has 0 spiro atoms. The van der Waals surface area contributed by atoms with Crippen LogP contribution in [0, 0.1) is 0 Å². The fraction of sp³-hybridized carbons (Fsp3) is 0.250. The minimum Gasteiger partial charge on any atom is -0.493 e. The third-order valence-electron chi connectivity index (χ3n) is 6.42. The number of ether oxygens (including phenoxy) is 4. The Bertz CT molecular complexity index is 1390. The summed E-state index contributed by atoms with van der Waals surface area (Å²) in [5.41, 5.74) is 6.34. The van der Waals surface area contributed by atoms with Crippen molar-refractivity contribution in [2.75, 3.05) is 28.4 Å². The van der Waals surface area contributed by atoms with Gasteiger partial charge in [0.1, 0.15) is 0 Å². The molecular weight excluding hydrogens is 462 g/mol. The van der Waals surface area contributed by atoms with Gasteiger partial charge >= 0.3 is 0 Å². The number of para-hydroxylation sites is 2. The first-order valence-electron chi connectivity index (χ1n) is 12.2. The van der Waals surface area contributed by atoms with Crippen molar-refractivity contribution in [2.24, 2.45) is 0 Å². The summed E-state index contributed by atoms with van der Waals surface area (Å²) in [5, 5.41) is 0. The smallest absolute Gasteiger partial charge is 0.170 e. The Morgan fingerprint density at radius 3 is 1.89 bits per heavy atom. The third-order valence-corrected chi connectivity index (χ3v) is 6.42. The van der Waals surface area contributed by atoms with Crippen LogP contribution in [0.2, 0.25) is 0 Å². The first-order valence-corrected chi connectivity index (χ1v) is 12.2. The maximum Gasteiger partial charge on any atom is 0.170 e. The van der Waals surface area contributed by atoms with E-state index in [2.05, 4.69) is 74.0 Å². The summed E-state index contributed by atoms with van der Waals surface area (Å²) in [5.74, 6) is 2.78. The largest absolute Gasteiger partial charge is 0.493 e. The summed E-state index contributed by atoms with van der Waals surface area (Å²) in [7, 11) is 6.62. The summed E-state index contributed by atoms with van der Waals surface area (Å²) >= 11 is 0. The first kappa shape index (κ1) is 26.0. The third kappa shape index (κ3) is 5.36. The Kier molecular flexibility index (Phi) is 7.63. The zero-order valence-electron chi connectivity index (χ0n) is 22.7. The topological polar surface area (TPSA) is 41.9 Å². The molecule has 3 aromatic carbocycles. The average Bonchev–Trinajstić information content (AvgIpc) is 3.34. The van der Waals surface area contributed by atoms with Crippen LogP contribution in [0.25, 0.3) is 29.1 Å². The van der Waals surface area contributed by atoms with E-state index < -0.39 is 0 Å². The van der Waals surface area contributed by atoms with Crippen molar-refractivity contribution in [3.63, 3.8) is 0 Å². The molecule has 4 rings (SSSR count). The molecule has 0 aliphatic heterocycles. The van der Waals surface area contributed by atoms with Crippen molar-refractivity contribution in [2.45, 2.75) is 26.2 Å². The molecule has 5 nitrogen and oxygen atoms in total. The highest BCUT2D eigenvalue weighted by molar-refractivity contribution is 5.79. The molecule has 0 fully saturated rings. The van der Waals surface area contributed by atoms with Gasteiger partial charge in [-0.05, 0) is 52.9 Å². The van der Waals surface area contributed by atoms with Gasteiger partial charge in [0.05, 0.1) is 34.1 Å². The van der Waals surface area contributed by atoms with Crippen molar-refractivity contribution < 1.29 is 18.9 Å². The van der Waals surface area contributed by atoms with Gasteiger partial charge in [-0.2, -0.15) is 0 Å². The highest BCUT2D eigenvalue weighted by Gasteiger charge is 2.18. The number of hydrogen-bond donors (Lipinski definition) is 0. The number of methoxy groups -OCH3 is 4. The summed E-state index contributed by atoms with van der Waals surface area (Å²) in [6.45, 7) is 6.67. The normalized spacial score (nSPS) is 11.5. The summed E-state index contributed by atoms with van der Waals surface area (Å²) in [6.07, 6.45) is 6.24. The average molecular weight is 498 g/mol. The van der Waals surface area contributed by atoms with Crippen molar-refractivity contribution in [1.29, 1.82) is 0 Å². The molecule has 0 atom stereocenters. The van der Waals surface area contributed by atoms with Crippen LogP contribution in [-0.4, -0.2) is 33.0 Å². The van der Waals surface area contributed by atoms with Gasteiger partial charge in [-0.3, -0.25) is 0 Å². The molecule has 0 radical (unpaired) electrons. The Morgan fingerprint density at radius 2 is 1.30 bits per heavy atom. The highest BCUT2D eigenvalue weighted by atomic mass is 16.5. The molecule has 4 aromatic rings. The van der Waals surface area contributed by atoms with Gasteiger partial charge in [-0.15, -0.1) is 0 Å². The van der Waals surface area contributed by atoms with E-state index in [0.717, 1.165) is 28.1 Å². The molecule has 0 aliphatic rings. The van der Waals surface area contributed by atoms with Crippen LogP contribution >= 0.6 is 0 Å². The lowest BCUT2D eigenvalue weighted by molar-refractivity contribution is 0.354. The summed E-state index contributed by atoms with van der Waals surface area (Å²) < 4.78 is 24.6. The standard InChI is InChI=1S/C32H35NO4/c1-32(2,3)24-16-18-25(19-17-24)33-21-22(14-15-23-10-8-12-28(34-4)30(23)36-6)20-27(33)26-11-9-13-29(35-5)31(26)37-7/h8-21H,1-7H3. The van der Waals surface area contributed by atoms with E-state index in [1.807, 2.05) is 36.4 Å². The van der Waals surface area contributed by atoms with Gasteiger partial charge < -0.3 is 23.5 Å². The first-order chi connectivity index (χ1) is 17.8. The monoisotopic (exact) mass is 497 g/mol. The van der Waals surface area contributed by atoms with Gasteiger partial charge in [0.15, 0.2) is 23.0 Å². The van der Waals surface area contributed by atoms with Gasteiger partial charge in [0.2, 0.25) is 0 Å². The van der Waals surface area contributed by atoms with E-state index in [4.69, 9.17) is 18.9 Å². The maximum atomic E-state index is 5.78. The second kappa shape index (κ2) is 10.9. The lowest BCUT2D eigenvalue weighted by atomic mass is 9.87. The molecule has 0 unspecified atom stereocenters. The highest BCUT2D eigenvalue weighted by Crippen LogP contribution is 2.40. The molecule has 1 aromatic heterocycles. The molecule has 0 saturated heterocycles. The SMILES string of the molecule is COc1cccc(C=Cc2cc(-c3cccc(OC)c3OC)n(-c3ccc(C(C)(C)C)cc3)c2)c1OC. The lowest BCUT2D eigenvalue weighted by Gasteiger charge is -2.20. The Labute approximate surface area is 219 Å². The quantitative estimate of drug-likeness (QED) is 0.251. The Balaban J connectivity index is 1.85. The van der Waals surface area contributed by atoms with E-state index in [-0.39, 0.29) is 5.41 Å². The fourth-order valence-electron chi connectivity index (χ4n) is 4.44. The molecule has 37 heavy (non-hydrogen) atoms. The minimum absolute atomic E-state index is 0.0811. The van der Waals surface area contributed by atoms with E-state index in [1.165, 1.54) is 5.56 Å². The van der Waals surface area contributed by atoms with Crippen molar-refractivity contribution in [1.82, 2.24) is 4.57 Å². The van der Waals surface area contributed by atoms with E-state index in [1.54, 1.807) is 28.4 Å². The number of benzene rings is 3. The van der Waals surface area contributed by atoms with Crippen LogP contribution in [0.4, 0.5) is 0 Å². The van der Waals surface area contributed by atoms with Crippen LogP contribution in [-0.2, 0) is 5.41 Å². The molecule has 5 heteroatoms. The van der Waals surface area contributed by atoms with Crippen LogP contribution in [0.15, 0.2) is 72.9 Å². The van der Waals surface area contributed by atoms with Gasteiger partial charge in [0.25, 0.3) is 0 Å². The zero-order chi connectivity index (χ0) is 26.6. The van der Waals surface area contributed by atoms with Gasteiger partial charge in [-0.25, -0.2) is 0 Å². The molecule has 192 valence electrons.